The number of nitrogens with zero attached hydrogens (tertiary/aromatic N) is 2. The molecule has 4 nitrogen and oxygen atoms in total. The minimum atomic E-state index is -0.0641. The Morgan fingerprint density at radius 1 is 1.12 bits per heavy atom. The third-order valence-electron chi connectivity index (χ3n) is 4.38. The smallest absolute Gasteiger partial charge is 0.260 e. The Morgan fingerprint density at radius 2 is 1.92 bits per heavy atom. The van der Waals surface area contributed by atoms with Crippen molar-refractivity contribution in [3.63, 3.8) is 0 Å². The molecule has 0 bridgehead atoms. The van der Waals surface area contributed by atoms with E-state index in [1.165, 1.54) is 21.8 Å². The van der Waals surface area contributed by atoms with E-state index < -0.39 is 0 Å². The van der Waals surface area contributed by atoms with Crippen LogP contribution in [-0.4, -0.2) is 21.9 Å². The molecule has 1 aromatic carbocycles. The lowest BCUT2D eigenvalue weighted by Gasteiger charge is -2.15. The molecule has 0 amide bonds. The van der Waals surface area contributed by atoms with Gasteiger partial charge in [-0.25, -0.2) is 4.98 Å². The van der Waals surface area contributed by atoms with Gasteiger partial charge in [-0.1, -0.05) is 30.3 Å². The molecule has 0 aliphatic rings. The fraction of sp³-hybridized carbons (Fsp3) is 0.200. The van der Waals surface area contributed by atoms with Gasteiger partial charge in [-0.3, -0.25) is 9.69 Å². The normalized spacial score (nSPS) is 11.5. The van der Waals surface area contributed by atoms with Crippen molar-refractivity contribution < 1.29 is 0 Å². The first-order valence-corrected chi connectivity index (χ1v) is 10.1. The van der Waals surface area contributed by atoms with Crippen LogP contribution in [0.15, 0.2) is 52.0 Å². The molecule has 3 aromatic heterocycles. The van der Waals surface area contributed by atoms with Crippen LogP contribution in [0.3, 0.4) is 0 Å². The van der Waals surface area contributed by atoms with Crippen molar-refractivity contribution in [1.29, 1.82) is 0 Å². The van der Waals surface area contributed by atoms with Crippen molar-refractivity contribution in [2.45, 2.75) is 20.0 Å². The molecule has 0 unspecified atom stereocenters. The molecule has 0 saturated heterocycles. The number of hydrogen-bond acceptors (Lipinski definition) is 5. The number of aromatic nitrogens is 2. The zero-order chi connectivity index (χ0) is 18.1. The number of hydrogen-bond donors (Lipinski definition) is 1. The molecular weight excluding hydrogens is 362 g/mol. The quantitative estimate of drug-likeness (QED) is 0.547. The molecule has 26 heavy (non-hydrogen) atoms. The number of benzene rings is 1. The fourth-order valence-electron chi connectivity index (χ4n) is 3.02. The van der Waals surface area contributed by atoms with E-state index in [0.29, 0.717) is 17.8 Å². The molecule has 0 spiro atoms. The summed E-state index contributed by atoms with van der Waals surface area (Å²) in [6, 6.07) is 12.1. The molecule has 0 fully saturated rings. The van der Waals surface area contributed by atoms with Crippen LogP contribution >= 0.6 is 22.7 Å². The fourth-order valence-corrected chi connectivity index (χ4v) is 4.97. The van der Waals surface area contributed by atoms with Crippen LogP contribution in [0.4, 0.5) is 0 Å². The molecule has 0 aliphatic heterocycles. The average Bonchev–Trinajstić information content (AvgIpc) is 3.22. The van der Waals surface area contributed by atoms with Gasteiger partial charge in [0.2, 0.25) is 0 Å². The number of fused-ring (bicyclic) bond motifs is 1. The second-order valence-electron chi connectivity index (χ2n) is 6.41. The number of nitrogens with one attached hydrogen (secondary N) is 1. The minimum Gasteiger partial charge on any atom is -0.309 e. The van der Waals surface area contributed by atoms with Gasteiger partial charge < -0.3 is 4.98 Å². The highest BCUT2D eigenvalue weighted by Crippen LogP contribution is 2.30. The molecule has 0 saturated carbocycles. The van der Waals surface area contributed by atoms with E-state index >= 15 is 0 Å². The van der Waals surface area contributed by atoms with Crippen molar-refractivity contribution in [3.8, 4) is 11.1 Å². The molecule has 4 aromatic rings. The molecular formula is C20H19N3OS2. The SMILES string of the molecule is Cc1ccsc1CN(C)Cc1nc2scc(-c3ccccc3)c2c(=O)[nH]1. The lowest BCUT2D eigenvalue weighted by molar-refractivity contribution is 0.313. The van der Waals surface area contributed by atoms with Crippen molar-refractivity contribution in [3.05, 3.63) is 73.8 Å². The van der Waals surface area contributed by atoms with Crippen LogP contribution in [0, 0.1) is 6.92 Å². The maximum absolute atomic E-state index is 12.7. The molecule has 6 heteroatoms. The Balaban J connectivity index is 1.62. The second-order valence-corrected chi connectivity index (χ2v) is 8.27. The summed E-state index contributed by atoms with van der Waals surface area (Å²) in [5.41, 5.74) is 3.24. The maximum Gasteiger partial charge on any atom is 0.260 e. The highest BCUT2D eigenvalue weighted by Gasteiger charge is 2.14. The van der Waals surface area contributed by atoms with E-state index in [4.69, 9.17) is 4.98 Å². The molecule has 4 rings (SSSR count). The molecule has 3 heterocycles. The summed E-state index contributed by atoms with van der Waals surface area (Å²) in [6.45, 7) is 3.59. The Kier molecular flexibility index (Phi) is 4.72. The number of H-pyrrole nitrogens is 1. The first-order valence-electron chi connectivity index (χ1n) is 8.39. The van der Waals surface area contributed by atoms with Gasteiger partial charge in [0, 0.05) is 22.4 Å². The van der Waals surface area contributed by atoms with Crippen molar-refractivity contribution in [2.75, 3.05) is 7.05 Å². The van der Waals surface area contributed by atoms with Crippen LogP contribution in [-0.2, 0) is 13.1 Å². The lowest BCUT2D eigenvalue weighted by Crippen LogP contribution is -2.21. The van der Waals surface area contributed by atoms with Gasteiger partial charge >= 0.3 is 0 Å². The summed E-state index contributed by atoms with van der Waals surface area (Å²) in [5, 5.41) is 4.81. The van der Waals surface area contributed by atoms with Gasteiger partial charge in [0.15, 0.2) is 0 Å². The minimum absolute atomic E-state index is 0.0641. The predicted octanol–water partition coefficient (Wildman–Crippen LogP) is 4.65. The zero-order valence-electron chi connectivity index (χ0n) is 14.7. The van der Waals surface area contributed by atoms with Crippen molar-refractivity contribution in [2.24, 2.45) is 0 Å². The number of thiophene rings is 2. The maximum atomic E-state index is 12.7. The van der Waals surface area contributed by atoms with Crippen LogP contribution in [0.1, 0.15) is 16.3 Å². The summed E-state index contributed by atoms with van der Waals surface area (Å²) < 4.78 is 0. The molecule has 0 atom stereocenters. The van der Waals surface area contributed by atoms with E-state index in [9.17, 15) is 4.79 Å². The van der Waals surface area contributed by atoms with Gasteiger partial charge in [0.25, 0.3) is 5.56 Å². The first-order chi connectivity index (χ1) is 12.6. The number of aromatic amines is 1. The number of aryl methyl sites for hydroxylation is 1. The van der Waals surface area contributed by atoms with Gasteiger partial charge in [-0.05, 0) is 36.5 Å². The topological polar surface area (TPSA) is 49.0 Å². The second kappa shape index (κ2) is 7.15. The van der Waals surface area contributed by atoms with Crippen LogP contribution < -0.4 is 5.56 Å². The largest absolute Gasteiger partial charge is 0.309 e. The van der Waals surface area contributed by atoms with E-state index in [1.807, 2.05) is 42.8 Å². The van der Waals surface area contributed by atoms with Crippen LogP contribution in [0.5, 0.6) is 0 Å². The Labute approximate surface area is 159 Å². The van der Waals surface area contributed by atoms with Crippen LogP contribution in [0.2, 0.25) is 0 Å². The van der Waals surface area contributed by atoms with Gasteiger partial charge in [-0.2, -0.15) is 0 Å². The Bertz CT molecular complexity index is 1100. The first kappa shape index (κ1) is 17.1. The van der Waals surface area contributed by atoms with E-state index in [-0.39, 0.29) is 5.56 Å². The average molecular weight is 382 g/mol. The lowest BCUT2D eigenvalue weighted by atomic mass is 10.1. The van der Waals surface area contributed by atoms with E-state index in [1.54, 1.807) is 11.3 Å². The van der Waals surface area contributed by atoms with Crippen molar-refractivity contribution >= 4 is 32.9 Å². The third kappa shape index (κ3) is 3.35. The standard InChI is InChI=1S/C20H19N3OS2/c1-13-8-9-25-16(13)10-23(2)11-17-21-19(24)18-15(12-26-20(18)22-17)14-6-4-3-5-7-14/h3-9,12H,10-11H2,1-2H3,(H,21,22,24). The Hall–Kier alpha value is -2.28. The van der Waals surface area contributed by atoms with Gasteiger partial charge in [0.05, 0.1) is 11.9 Å². The van der Waals surface area contributed by atoms with Gasteiger partial charge in [0.1, 0.15) is 10.7 Å². The molecule has 132 valence electrons. The highest BCUT2D eigenvalue weighted by molar-refractivity contribution is 7.17. The van der Waals surface area contributed by atoms with Gasteiger partial charge in [-0.15, -0.1) is 22.7 Å². The molecule has 0 radical (unpaired) electrons. The Morgan fingerprint density at radius 3 is 2.65 bits per heavy atom. The van der Waals surface area contributed by atoms with Crippen molar-refractivity contribution in [1.82, 2.24) is 14.9 Å². The predicted molar refractivity (Wildman–Crippen MR) is 110 cm³/mol. The summed E-state index contributed by atoms with van der Waals surface area (Å²) >= 11 is 3.29. The monoisotopic (exact) mass is 381 g/mol. The van der Waals surface area contributed by atoms with E-state index in [0.717, 1.165) is 22.5 Å². The summed E-state index contributed by atoms with van der Waals surface area (Å²) in [5.74, 6) is 0.709. The highest BCUT2D eigenvalue weighted by atomic mass is 32.1. The van der Waals surface area contributed by atoms with Crippen LogP contribution in [0.25, 0.3) is 21.3 Å². The van der Waals surface area contributed by atoms with E-state index in [2.05, 4.69) is 28.3 Å². The zero-order valence-corrected chi connectivity index (χ0v) is 16.3. The third-order valence-corrected chi connectivity index (χ3v) is 6.26. The molecule has 0 aliphatic carbocycles. The summed E-state index contributed by atoms with van der Waals surface area (Å²) in [4.78, 5) is 24.7. The summed E-state index contributed by atoms with van der Waals surface area (Å²) in [7, 11) is 2.05. The summed E-state index contributed by atoms with van der Waals surface area (Å²) in [6.07, 6.45) is 0. The number of rotatable bonds is 5. The molecule has 1 N–H and O–H groups in total.